The van der Waals surface area contributed by atoms with Crippen LogP contribution in [0, 0.1) is 0 Å². The molecule has 0 bridgehead atoms. The number of benzene rings is 1. The van der Waals surface area contributed by atoms with Crippen LogP contribution in [0.25, 0.3) is 6.08 Å². The molecule has 0 radical (unpaired) electrons. The molecule has 1 amide bonds. The van der Waals surface area contributed by atoms with Crippen LogP contribution in [0.5, 0.6) is 5.75 Å². The van der Waals surface area contributed by atoms with Crippen molar-refractivity contribution in [1.82, 2.24) is 4.90 Å². The molecule has 0 aromatic heterocycles. The van der Waals surface area contributed by atoms with Gasteiger partial charge in [-0.25, -0.2) is 0 Å². The molecule has 8 heteroatoms. The average Bonchev–Trinajstić information content (AvgIpc) is 2.93. The Balaban J connectivity index is 2.04. The lowest BCUT2D eigenvalue weighted by molar-refractivity contribution is -0.144. The van der Waals surface area contributed by atoms with E-state index in [1.807, 2.05) is 38.1 Å². The number of hydrogen-bond acceptors (Lipinski definition) is 6. The van der Waals surface area contributed by atoms with Gasteiger partial charge in [0.25, 0.3) is 5.91 Å². The van der Waals surface area contributed by atoms with Gasteiger partial charge in [-0.1, -0.05) is 53.8 Å². The van der Waals surface area contributed by atoms with Crippen LogP contribution in [-0.4, -0.2) is 40.9 Å². The molecule has 1 heterocycles. The molecule has 152 valence electrons. The van der Waals surface area contributed by atoms with E-state index in [4.69, 9.17) is 21.7 Å². The number of thioether (sulfide) groups is 1. The highest BCUT2D eigenvalue weighted by Gasteiger charge is 2.32. The maximum atomic E-state index is 12.8. The number of thiocarbonyl (C=S) groups is 1. The van der Waals surface area contributed by atoms with Gasteiger partial charge < -0.3 is 9.47 Å². The fourth-order valence-electron chi connectivity index (χ4n) is 2.48. The van der Waals surface area contributed by atoms with Crippen LogP contribution in [0.3, 0.4) is 0 Å². The molecular weight excluding hydrogens is 462 g/mol. The minimum Gasteiger partial charge on any atom is -0.493 e. The van der Waals surface area contributed by atoms with E-state index in [1.54, 1.807) is 4.90 Å². The number of carbonyl (C=O) groups is 2. The summed E-state index contributed by atoms with van der Waals surface area (Å²) < 4.78 is 12.2. The monoisotopic (exact) mass is 485 g/mol. The van der Waals surface area contributed by atoms with Gasteiger partial charge in [-0.05, 0) is 43.5 Å². The van der Waals surface area contributed by atoms with Crippen molar-refractivity contribution in [3.05, 3.63) is 33.1 Å². The highest BCUT2D eigenvalue weighted by molar-refractivity contribution is 9.10. The van der Waals surface area contributed by atoms with Gasteiger partial charge in [0.2, 0.25) is 0 Å². The number of nitrogens with zero attached hydrogens (tertiary/aromatic N) is 1. The molecule has 1 fully saturated rings. The smallest absolute Gasteiger partial charge is 0.305 e. The molecule has 28 heavy (non-hydrogen) atoms. The van der Waals surface area contributed by atoms with Crippen LogP contribution < -0.4 is 4.74 Å². The van der Waals surface area contributed by atoms with Gasteiger partial charge >= 0.3 is 5.97 Å². The van der Waals surface area contributed by atoms with Gasteiger partial charge in [-0.15, -0.1) is 0 Å². The van der Waals surface area contributed by atoms with Crippen LogP contribution in [0.1, 0.15) is 45.1 Å². The van der Waals surface area contributed by atoms with Crippen molar-refractivity contribution in [3.8, 4) is 5.75 Å². The molecule has 5 nitrogen and oxygen atoms in total. The minimum absolute atomic E-state index is 0.140. The molecule has 0 aliphatic carbocycles. The standard InChI is InChI=1S/C20H24BrNO4S2/c1-3-10-25-16-8-7-15(21)12-14(16)13-17-19(24)22(20(27)28-17)9-5-6-18(23)26-11-4-2/h7-8,12-13H,3-6,9-11H2,1-2H3/b17-13+. The summed E-state index contributed by atoms with van der Waals surface area (Å²) in [4.78, 5) is 26.5. The van der Waals surface area contributed by atoms with Gasteiger partial charge in [0.05, 0.1) is 18.1 Å². The molecule has 0 N–H and O–H groups in total. The zero-order chi connectivity index (χ0) is 20.5. The molecular formula is C20H24BrNO4S2. The number of halogens is 1. The van der Waals surface area contributed by atoms with Crippen molar-refractivity contribution in [2.24, 2.45) is 0 Å². The Bertz CT molecular complexity index is 767. The van der Waals surface area contributed by atoms with Crippen LogP contribution in [0.15, 0.2) is 27.6 Å². The molecule has 1 aliphatic heterocycles. The predicted octanol–water partition coefficient (Wildman–Crippen LogP) is 5.17. The molecule has 1 saturated heterocycles. The second-order valence-electron chi connectivity index (χ2n) is 6.19. The number of ether oxygens (including phenoxy) is 2. The van der Waals surface area contributed by atoms with E-state index in [-0.39, 0.29) is 18.3 Å². The second-order valence-corrected chi connectivity index (χ2v) is 8.78. The van der Waals surface area contributed by atoms with Crippen molar-refractivity contribution in [2.45, 2.75) is 39.5 Å². The minimum atomic E-state index is -0.241. The number of esters is 1. The van der Waals surface area contributed by atoms with Gasteiger partial charge in [0, 0.05) is 23.0 Å². The average molecular weight is 486 g/mol. The molecule has 1 aliphatic rings. The van der Waals surface area contributed by atoms with Crippen LogP contribution in [0.2, 0.25) is 0 Å². The number of amides is 1. The second kappa shape index (κ2) is 11.6. The molecule has 0 spiro atoms. The molecule has 0 unspecified atom stereocenters. The van der Waals surface area contributed by atoms with E-state index in [0.717, 1.165) is 28.6 Å². The van der Waals surface area contributed by atoms with Gasteiger partial charge in [0.1, 0.15) is 10.1 Å². The fraction of sp³-hybridized carbons (Fsp3) is 0.450. The summed E-state index contributed by atoms with van der Waals surface area (Å²) in [5.74, 6) is 0.349. The highest BCUT2D eigenvalue weighted by atomic mass is 79.9. The van der Waals surface area contributed by atoms with Crippen LogP contribution in [0.4, 0.5) is 0 Å². The third-order valence-corrected chi connectivity index (χ3v) is 5.69. The molecule has 2 rings (SSSR count). The molecule has 1 aromatic carbocycles. The first-order valence-corrected chi connectivity index (χ1v) is 11.3. The maximum Gasteiger partial charge on any atom is 0.305 e. The summed E-state index contributed by atoms with van der Waals surface area (Å²) >= 11 is 10.1. The van der Waals surface area contributed by atoms with E-state index >= 15 is 0 Å². The number of hydrogen-bond donors (Lipinski definition) is 0. The first-order chi connectivity index (χ1) is 13.5. The predicted molar refractivity (Wildman–Crippen MR) is 120 cm³/mol. The van der Waals surface area contributed by atoms with Crippen molar-refractivity contribution in [2.75, 3.05) is 19.8 Å². The Morgan fingerprint density at radius 1 is 1.29 bits per heavy atom. The molecule has 0 saturated carbocycles. The topological polar surface area (TPSA) is 55.8 Å². The Hall–Kier alpha value is -1.38. The van der Waals surface area contributed by atoms with Gasteiger partial charge in [-0.2, -0.15) is 0 Å². The van der Waals surface area contributed by atoms with Crippen LogP contribution >= 0.6 is 39.9 Å². The lowest BCUT2D eigenvalue weighted by Crippen LogP contribution is -2.29. The van der Waals surface area contributed by atoms with Gasteiger partial charge in [0.15, 0.2) is 0 Å². The van der Waals surface area contributed by atoms with Crippen molar-refractivity contribution >= 4 is 62.2 Å². The summed E-state index contributed by atoms with van der Waals surface area (Å²) in [5.41, 5.74) is 0.825. The lowest BCUT2D eigenvalue weighted by Gasteiger charge is -2.14. The lowest BCUT2D eigenvalue weighted by atomic mass is 10.2. The fourth-order valence-corrected chi connectivity index (χ4v) is 4.16. The zero-order valence-corrected chi connectivity index (χ0v) is 19.3. The molecule has 0 atom stereocenters. The number of rotatable bonds is 10. The highest BCUT2D eigenvalue weighted by Crippen LogP contribution is 2.35. The largest absolute Gasteiger partial charge is 0.493 e. The quantitative estimate of drug-likeness (QED) is 0.258. The summed E-state index contributed by atoms with van der Waals surface area (Å²) in [7, 11) is 0. The van der Waals surface area contributed by atoms with E-state index < -0.39 is 0 Å². The Kier molecular flexibility index (Phi) is 9.47. The van der Waals surface area contributed by atoms with E-state index in [2.05, 4.69) is 15.9 Å². The first-order valence-electron chi connectivity index (χ1n) is 9.29. The summed E-state index contributed by atoms with van der Waals surface area (Å²) in [5, 5.41) is 0. The first kappa shape index (κ1) is 22.9. The van der Waals surface area contributed by atoms with Crippen molar-refractivity contribution in [3.63, 3.8) is 0 Å². The van der Waals surface area contributed by atoms with E-state index in [9.17, 15) is 9.59 Å². The summed E-state index contributed by atoms with van der Waals surface area (Å²) in [6.45, 7) is 5.43. The number of carbonyl (C=O) groups excluding carboxylic acids is 2. The third-order valence-electron chi connectivity index (χ3n) is 3.82. The van der Waals surface area contributed by atoms with Gasteiger partial charge in [-0.3, -0.25) is 14.5 Å². The maximum absolute atomic E-state index is 12.8. The summed E-state index contributed by atoms with van der Waals surface area (Å²) in [6, 6.07) is 5.71. The normalized spacial score (nSPS) is 15.4. The van der Waals surface area contributed by atoms with Crippen molar-refractivity contribution in [1.29, 1.82) is 0 Å². The van der Waals surface area contributed by atoms with E-state index in [1.165, 1.54) is 11.8 Å². The third kappa shape index (κ3) is 6.60. The Morgan fingerprint density at radius 2 is 2.04 bits per heavy atom. The molecule has 1 aromatic rings. The van der Waals surface area contributed by atoms with Crippen LogP contribution in [-0.2, 0) is 14.3 Å². The zero-order valence-electron chi connectivity index (χ0n) is 16.0. The van der Waals surface area contributed by atoms with E-state index in [0.29, 0.717) is 35.4 Å². The van der Waals surface area contributed by atoms with Crippen molar-refractivity contribution < 1.29 is 19.1 Å². The Morgan fingerprint density at radius 3 is 2.75 bits per heavy atom. The SMILES string of the molecule is CCCOC(=O)CCCN1C(=O)/C(=C\c2cc(Br)ccc2OCCC)SC1=S. The Labute approximate surface area is 184 Å². The summed E-state index contributed by atoms with van der Waals surface area (Å²) in [6.07, 6.45) is 4.30.